The second kappa shape index (κ2) is 9.08. The molecular formula is C23H28F3NO3. The first kappa shape index (κ1) is 23.7. The minimum absolute atomic E-state index is 0.00877. The number of rotatable bonds is 7. The number of ether oxygens (including phenoxy) is 1. The Kier molecular flexibility index (Phi) is 7.18. The van der Waals surface area contributed by atoms with Gasteiger partial charge in [-0.1, -0.05) is 18.2 Å². The van der Waals surface area contributed by atoms with Gasteiger partial charge in [0.25, 0.3) is 0 Å². The van der Waals surface area contributed by atoms with Crippen molar-refractivity contribution in [3.05, 3.63) is 53.1 Å². The molecule has 30 heavy (non-hydrogen) atoms. The smallest absolute Gasteiger partial charge is 0.416 e. The van der Waals surface area contributed by atoms with Crippen LogP contribution in [0.1, 0.15) is 44.4 Å². The lowest BCUT2D eigenvalue weighted by Crippen LogP contribution is -2.29. The number of hydrogen-bond donors (Lipinski definition) is 1. The quantitative estimate of drug-likeness (QED) is 0.677. The van der Waals surface area contributed by atoms with Crippen molar-refractivity contribution in [3.63, 3.8) is 0 Å². The summed E-state index contributed by atoms with van der Waals surface area (Å²) in [7, 11) is 1.49. The zero-order valence-corrected chi connectivity index (χ0v) is 17.9. The standard InChI is InChI=1S/C23H28F3NO3/c1-6-27(15(2)28)14-17-12-20(23(24,25)26)16(13-22(3,4)29)11-19(17)18-9-7-8-10-21(18)30-5/h7-12,29H,6,13-14H2,1-5H3. The fourth-order valence-electron chi connectivity index (χ4n) is 3.47. The highest BCUT2D eigenvalue weighted by Gasteiger charge is 2.36. The van der Waals surface area contributed by atoms with Crippen molar-refractivity contribution in [2.45, 2.75) is 52.4 Å². The van der Waals surface area contributed by atoms with Gasteiger partial charge in [-0.2, -0.15) is 13.2 Å². The Balaban J connectivity index is 2.81. The van der Waals surface area contributed by atoms with Crippen LogP contribution in [0.25, 0.3) is 11.1 Å². The van der Waals surface area contributed by atoms with Crippen LogP contribution in [-0.4, -0.2) is 35.2 Å². The van der Waals surface area contributed by atoms with Crippen LogP contribution in [0.4, 0.5) is 13.2 Å². The van der Waals surface area contributed by atoms with Crippen LogP contribution in [0.15, 0.2) is 36.4 Å². The molecule has 0 spiro atoms. The molecule has 0 atom stereocenters. The summed E-state index contributed by atoms with van der Waals surface area (Å²) in [6, 6.07) is 9.60. The Bertz CT molecular complexity index is 902. The summed E-state index contributed by atoms with van der Waals surface area (Å²) in [4.78, 5) is 13.4. The second-order valence-corrected chi connectivity index (χ2v) is 7.89. The van der Waals surface area contributed by atoms with Crippen LogP contribution in [-0.2, 0) is 23.9 Å². The summed E-state index contributed by atoms with van der Waals surface area (Å²) in [5, 5.41) is 10.2. The summed E-state index contributed by atoms with van der Waals surface area (Å²) >= 11 is 0. The molecule has 1 amide bonds. The molecule has 0 unspecified atom stereocenters. The largest absolute Gasteiger partial charge is 0.496 e. The molecule has 0 aliphatic rings. The van der Waals surface area contributed by atoms with Gasteiger partial charge in [0.1, 0.15) is 5.75 Å². The van der Waals surface area contributed by atoms with Gasteiger partial charge in [0.2, 0.25) is 5.91 Å². The zero-order valence-electron chi connectivity index (χ0n) is 17.9. The predicted octanol–water partition coefficient (Wildman–Crippen LogP) is 5.06. The first-order valence-corrected chi connectivity index (χ1v) is 9.71. The van der Waals surface area contributed by atoms with Crippen molar-refractivity contribution in [1.82, 2.24) is 4.90 Å². The third-order valence-corrected chi connectivity index (χ3v) is 4.84. The maximum absolute atomic E-state index is 13.9. The van der Waals surface area contributed by atoms with E-state index in [4.69, 9.17) is 4.74 Å². The minimum Gasteiger partial charge on any atom is -0.496 e. The van der Waals surface area contributed by atoms with Gasteiger partial charge in [-0.25, -0.2) is 0 Å². The molecule has 2 rings (SSSR count). The molecule has 0 heterocycles. The molecule has 2 aromatic rings. The van der Waals surface area contributed by atoms with Crippen molar-refractivity contribution in [2.24, 2.45) is 0 Å². The van der Waals surface area contributed by atoms with Crippen molar-refractivity contribution in [1.29, 1.82) is 0 Å². The summed E-state index contributed by atoms with van der Waals surface area (Å²) in [5.41, 5.74) is -0.611. The van der Waals surface area contributed by atoms with Gasteiger partial charge < -0.3 is 14.7 Å². The molecule has 0 fully saturated rings. The molecule has 0 saturated heterocycles. The fraction of sp³-hybridized carbons (Fsp3) is 0.435. The number of alkyl halides is 3. The van der Waals surface area contributed by atoms with Crippen LogP contribution in [0.2, 0.25) is 0 Å². The SMILES string of the molecule is CCN(Cc1cc(C(F)(F)F)c(CC(C)(C)O)cc1-c1ccccc1OC)C(C)=O. The molecule has 4 nitrogen and oxygen atoms in total. The average Bonchev–Trinajstić information content (AvgIpc) is 2.64. The molecule has 7 heteroatoms. The topological polar surface area (TPSA) is 49.8 Å². The molecule has 1 N–H and O–H groups in total. The molecule has 2 aromatic carbocycles. The zero-order chi connectivity index (χ0) is 22.7. The van der Waals surface area contributed by atoms with E-state index in [-0.39, 0.29) is 24.4 Å². The lowest BCUT2D eigenvalue weighted by atomic mass is 9.88. The van der Waals surface area contributed by atoms with Crippen LogP contribution >= 0.6 is 0 Å². The average molecular weight is 423 g/mol. The lowest BCUT2D eigenvalue weighted by molar-refractivity contribution is -0.138. The maximum Gasteiger partial charge on any atom is 0.416 e. The predicted molar refractivity (Wildman–Crippen MR) is 110 cm³/mol. The number of nitrogens with zero attached hydrogens (tertiary/aromatic N) is 1. The molecule has 0 bridgehead atoms. The minimum atomic E-state index is -4.60. The molecule has 0 aliphatic carbocycles. The van der Waals surface area contributed by atoms with E-state index in [2.05, 4.69) is 0 Å². The Morgan fingerprint density at radius 3 is 2.23 bits per heavy atom. The van der Waals surface area contributed by atoms with Crippen molar-refractivity contribution >= 4 is 5.91 Å². The summed E-state index contributed by atoms with van der Waals surface area (Å²) < 4.78 is 47.0. The number of carbonyl (C=O) groups is 1. The number of aliphatic hydroxyl groups is 1. The number of hydrogen-bond acceptors (Lipinski definition) is 3. The molecule has 0 radical (unpaired) electrons. The monoisotopic (exact) mass is 423 g/mol. The number of amides is 1. The highest BCUT2D eigenvalue weighted by Crippen LogP contribution is 2.40. The van der Waals surface area contributed by atoms with Gasteiger partial charge >= 0.3 is 6.18 Å². The Morgan fingerprint density at radius 1 is 1.10 bits per heavy atom. The van der Waals surface area contributed by atoms with E-state index in [0.717, 1.165) is 6.07 Å². The van der Waals surface area contributed by atoms with Gasteiger partial charge in [-0.3, -0.25) is 4.79 Å². The highest BCUT2D eigenvalue weighted by molar-refractivity contribution is 5.77. The van der Waals surface area contributed by atoms with Crippen LogP contribution in [0, 0.1) is 0 Å². The number of para-hydroxylation sites is 1. The van der Waals surface area contributed by atoms with Crippen LogP contribution in [0.3, 0.4) is 0 Å². The lowest BCUT2D eigenvalue weighted by Gasteiger charge is -2.26. The van der Waals surface area contributed by atoms with E-state index in [1.807, 2.05) is 0 Å². The number of halogens is 3. The number of carbonyl (C=O) groups excluding carboxylic acids is 1. The Labute approximate surface area is 175 Å². The van der Waals surface area contributed by atoms with E-state index >= 15 is 0 Å². The Morgan fingerprint density at radius 2 is 1.73 bits per heavy atom. The van der Waals surface area contributed by atoms with Crippen LogP contribution in [0.5, 0.6) is 5.75 Å². The van der Waals surface area contributed by atoms with E-state index in [1.54, 1.807) is 31.2 Å². The van der Waals surface area contributed by atoms with Crippen LogP contribution < -0.4 is 4.74 Å². The second-order valence-electron chi connectivity index (χ2n) is 7.89. The number of benzene rings is 2. The maximum atomic E-state index is 13.9. The third kappa shape index (κ3) is 5.75. The van der Waals surface area contributed by atoms with Gasteiger partial charge in [0.05, 0.1) is 18.3 Å². The van der Waals surface area contributed by atoms with Crippen molar-refractivity contribution in [3.8, 4) is 16.9 Å². The normalized spacial score (nSPS) is 12.0. The fourth-order valence-corrected chi connectivity index (χ4v) is 3.47. The van der Waals surface area contributed by atoms with E-state index in [1.165, 1.54) is 38.8 Å². The molecule has 164 valence electrons. The third-order valence-electron chi connectivity index (χ3n) is 4.84. The molecular weight excluding hydrogens is 395 g/mol. The molecule has 0 aliphatic heterocycles. The summed E-state index contributed by atoms with van der Waals surface area (Å²) in [5.74, 6) is 0.288. The van der Waals surface area contributed by atoms with Gasteiger partial charge in [-0.15, -0.1) is 0 Å². The molecule has 0 aromatic heterocycles. The first-order chi connectivity index (χ1) is 13.9. The van der Waals surface area contributed by atoms with Crippen molar-refractivity contribution in [2.75, 3.05) is 13.7 Å². The van der Waals surface area contributed by atoms with E-state index in [9.17, 15) is 23.1 Å². The Hall–Kier alpha value is -2.54. The van der Waals surface area contributed by atoms with Gasteiger partial charge in [0, 0.05) is 32.0 Å². The van der Waals surface area contributed by atoms with Crippen molar-refractivity contribution < 1.29 is 27.8 Å². The summed E-state index contributed by atoms with van der Waals surface area (Å²) in [6.07, 6.45) is -4.77. The number of methoxy groups -OCH3 is 1. The van der Waals surface area contributed by atoms with E-state index in [0.29, 0.717) is 29.0 Å². The van der Waals surface area contributed by atoms with E-state index < -0.39 is 17.3 Å². The molecule has 0 saturated carbocycles. The van der Waals surface area contributed by atoms with Gasteiger partial charge in [-0.05, 0) is 55.7 Å². The first-order valence-electron chi connectivity index (χ1n) is 9.71. The van der Waals surface area contributed by atoms with Gasteiger partial charge in [0.15, 0.2) is 0 Å². The summed E-state index contributed by atoms with van der Waals surface area (Å²) in [6.45, 7) is 6.51. The highest BCUT2D eigenvalue weighted by atomic mass is 19.4.